The van der Waals surface area contributed by atoms with E-state index in [4.69, 9.17) is 9.15 Å². The second kappa shape index (κ2) is 6.93. The first-order chi connectivity index (χ1) is 10.5. The molecule has 1 atom stereocenters. The van der Waals surface area contributed by atoms with E-state index >= 15 is 0 Å². The van der Waals surface area contributed by atoms with E-state index in [-0.39, 0.29) is 5.91 Å². The number of carbonyl (C=O) groups is 1. The maximum Gasteiger partial charge on any atom is 0.280 e. The molecule has 1 unspecified atom stereocenters. The molecule has 22 heavy (non-hydrogen) atoms. The van der Waals surface area contributed by atoms with Crippen LogP contribution in [0.2, 0.25) is 0 Å². The van der Waals surface area contributed by atoms with Crippen LogP contribution in [0, 0.1) is 20.8 Å². The van der Waals surface area contributed by atoms with Gasteiger partial charge in [-0.3, -0.25) is 4.79 Å². The molecule has 0 spiro atoms. The number of nitrogens with zero attached hydrogens (tertiary/aromatic N) is 1. The third-order valence-electron chi connectivity index (χ3n) is 3.29. The predicted octanol–water partition coefficient (Wildman–Crippen LogP) is 3.12. The molecule has 0 bridgehead atoms. The Morgan fingerprint density at radius 3 is 2.64 bits per heavy atom. The van der Waals surface area contributed by atoms with Crippen LogP contribution in [0.5, 0.6) is 5.75 Å². The van der Waals surface area contributed by atoms with Crippen LogP contribution < -0.4 is 10.2 Å². The van der Waals surface area contributed by atoms with Gasteiger partial charge in [-0.2, -0.15) is 5.10 Å². The van der Waals surface area contributed by atoms with Crippen LogP contribution in [0.3, 0.4) is 0 Å². The Morgan fingerprint density at radius 2 is 2.00 bits per heavy atom. The molecule has 5 nitrogen and oxygen atoms in total. The highest BCUT2D eigenvalue weighted by Crippen LogP contribution is 2.17. The van der Waals surface area contributed by atoms with Crippen LogP contribution in [-0.2, 0) is 4.79 Å². The molecule has 0 radical (unpaired) electrons. The first kappa shape index (κ1) is 15.8. The molecular weight excluding hydrogens is 280 g/mol. The van der Waals surface area contributed by atoms with Gasteiger partial charge >= 0.3 is 0 Å². The largest absolute Gasteiger partial charge is 0.481 e. The fourth-order valence-corrected chi connectivity index (χ4v) is 1.82. The number of furan rings is 1. The SMILES string of the molecule is Cc1ccc(/C=N/NC(=O)C(C)Oc2ccc(C)c(C)c2)o1. The second-order valence-electron chi connectivity index (χ2n) is 5.19. The molecule has 1 aromatic carbocycles. The Kier molecular flexibility index (Phi) is 4.99. The zero-order valence-corrected chi connectivity index (χ0v) is 13.2. The van der Waals surface area contributed by atoms with Crippen molar-refractivity contribution in [2.45, 2.75) is 33.8 Å². The number of nitrogens with one attached hydrogen (secondary N) is 1. The summed E-state index contributed by atoms with van der Waals surface area (Å²) in [5, 5.41) is 3.85. The number of rotatable bonds is 5. The first-order valence-corrected chi connectivity index (χ1v) is 7.09. The number of hydrazone groups is 1. The fourth-order valence-electron chi connectivity index (χ4n) is 1.82. The lowest BCUT2D eigenvalue weighted by atomic mass is 10.1. The molecule has 1 amide bonds. The monoisotopic (exact) mass is 300 g/mol. The second-order valence-corrected chi connectivity index (χ2v) is 5.19. The molecule has 0 aliphatic carbocycles. The van der Waals surface area contributed by atoms with Crippen molar-refractivity contribution in [1.29, 1.82) is 0 Å². The fraction of sp³-hybridized carbons (Fsp3) is 0.294. The van der Waals surface area contributed by atoms with Crippen molar-refractivity contribution < 1.29 is 13.9 Å². The molecule has 0 aliphatic rings. The highest BCUT2D eigenvalue weighted by Gasteiger charge is 2.14. The standard InChI is InChI=1S/C17H20N2O3/c1-11-5-7-15(9-12(11)2)22-14(4)17(20)19-18-10-16-8-6-13(3)21-16/h5-10,14H,1-4H3,(H,19,20)/b18-10+. The van der Waals surface area contributed by atoms with Gasteiger partial charge in [-0.05, 0) is 63.1 Å². The van der Waals surface area contributed by atoms with Crippen molar-refractivity contribution in [3.05, 3.63) is 53.0 Å². The van der Waals surface area contributed by atoms with Gasteiger partial charge in [-0.15, -0.1) is 0 Å². The Balaban J connectivity index is 1.88. The van der Waals surface area contributed by atoms with Gasteiger partial charge in [0.2, 0.25) is 0 Å². The summed E-state index contributed by atoms with van der Waals surface area (Å²) in [6, 6.07) is 9.33. The summed E-state index contributed by atoms with van der Waals surface area (Å²) in [5.41, 5.74) is 4.74. The van der Waals surface area contributed by atoms with E-state index in [9.17, 15) is 4.79 Å². The van der Waals surface area contributed by atoms with E-state index in [2.05, 4.69) is 10.5 Å². The molecule has 2 aromatic rings. The summed E-state index contributed by atoms with van der Waals surface area (Å²) in [6.07, 6.45) is 0.811. The maximum atomic E-state index is 11.9. The smallest absolute Gasteiger partial charge is 0.280 e. The summed E-state index contributed by atoms with van der Waals surface area (Å²) < 4.78 is 10.9. The van der Waals surface area contributed by atoms with E-state index in [1.807, 2.05) is 45.0 Å². The zero-order valence-electron chi connectivity index (χ0n) is 13.2. The maximum absolute atomic E-state index is 11.9. The third-order valence-corrected chi connectivity index (χ3v) is 3.29. The number of aryl methyl sites for hydroxylation is 3. The average molecular weight is 300 g/mol. The lowest BCUT2D eigenvalue weighted by molar-refractivity contribution is -0.127. The molecule has 1 N–H and O–H groups in total. The Hall–Kier alpha value is -2.56. The predicted molar refractivity (Wildman–Crippen MR) is 85.2 cm³/mol. The van der Waals surface area contributed by atoms with Crippen LogP contribution in [0.1, 0.15) is 29.6 Å². The van der Waals surface area contributed by atoms with E-state index in [1.54, 1.807) is 13.0 Å². The van der Waals surface area contributed by atoms with Crippen LogP contribution in [0.15, 0.2) is 39.9 Å². The van der Waals surface area contributed by atoms with Gasteiger partial charge < -0.3 is 9.15 Å². The minimum absolute atomic E-state index is 0.322. The molecule has 1 aromatic heterocycles. The number of benzene rings is 1. The topological polar surface area (TPSA) is 63.8 Å². The lowest BCUT2D eigenvalue weighted by Crippen LogP contribution is -2.33. The lowest BCUT2D eigenvalue weighted by Gasteiger charge is -2.13. The minimum Gasteiger partial charge on any atom is -0.481 e. The summed E-state index contributed by atoms with van der Waals surface area (Å²) in [7, 11) is 0. The van der Waals surface area contributed by atoms with Crippen LogP contribution in [-0.4, -0.2) is 18.2 Å². The first-order valence-electron chi connectivity index (χ1n) is 7.09. The molecule has 0 aliphatic heterocycles. The summed E-state index contributed by atoms with van der Waals surface area (Å²) in [5.74, 6) is 1.72. The van der Waals surface area contributed by atoms with Crippen LogP contribution in [0.4, 0.5) is 0 Å². The summed E-state index contributed by atoms with van der Waals surface area (Å²) >= 11 is 0. The van der Waals surface area contributed by atoms with Gasteiger partial charge in [0, 0.05) is 0 Å². The number of ether oxygens (including phenoxy) is 1. The molecule has 2 rings (SSSR count). The van der Waals surface area contributed by atoms with Crippen molar-refractivity contribution in [3.8, 4) is 5.75 Å². The number of carbonyl (C=O) groups excluding carboxylic acids is 1. The van der Waals surface area contributed by atoms with Crippen molar-refractivity contribution in [2.75, 3.05) is 0 Å². The van der Waals surface area contributed by atoms with E-state index < -0.39 is 6.10 Å². The minimum atomic E-state index is -0.641. The van der Waals surface area contributed by atoms with Crippen LogP contribution in [0.25, 0.3) is 0 Å². The normalized spacial score (nSPS) is 12.4. The molecular formula is C17H20N2O3. The summed E-state index contributed by atoms with van der Waals surface area (Å²) in [4.78, 5) is 11.9. The van der Waals surface area contributed by atoms with Gasteiger partial charge in [0.25, 0.3) is 5.91 Å². The zero-order chi connectivity index (χ0) is 16.1. The number of hydrogen-bond acceptors (Lipinski definition) is 4. The summed E-state index contributed by atoms with van der Waals surface area (Å²) in [6.45, 7) is 7.55. The van der Waals surface area contributed by atoms with Gasteiger partial charge in [-0.1, -0.05) is 6.07 Å². The number of hydrogen-bond donors (Lipinski definition) is 1. The van der Waals surface area contributed by atoms with Crippen molar-refractivity contribution in [1.82, 2.24) is 5.43 Å². The van der Waals surface area contributed by atoms with Crippen molar-refractivity contribution >= 4 is 12.1 Å². The highest BCUT2D eigenvalue weighted by atomic mass is 16.5. The molecule has 5 heteroatoms. The Morgan fingerprint density at radius 1 is 1.23 bits per heavy atom. The number of amides is 1. The quantitative estimate of drug-likeness (QED) is 0.681. The Bertz CT molecular complexity index is 689. The molecule has 116 valence electrons. The van der Waals surface area contributed by atoms with Crippen molar-refractivity contribution in [2.24, 2.45) is 5.10 Å². The average Bonchev–Trinajstić information content (AvgIpc) is 2.88. The molecule has 0 saturated heterocycles. The van der Waals surface area contributed by atoms with Gasteiger partial charge in [-0.25, -0.2) is 5.43 Å². The van der Waals surface area contributed by atoms with E-state index in [0.29, 0.717) is 11.5 Å². The highest BCUT2D eigenvalue weighted by molar-refractivity contribution is 5.83. The molecule has 0 fully saturated rings. The van der Waals surface area contributed by atoms with Crippen molar-refractivity contribution in [3.63, 3.8) is 0 Å². The van der Waals surface area contributed by atoms with Gasteiger partial charge in [0.15, 0.2) is 6.10 Å². The molecule has 0 saturated carbocycles. The van der Waals surface area contributed by atoms with E-state index in [1.165, 1.54) is 11.8 Å². The van der Waals surface area contributed by atoms with E-state index in [0.717, 1.165) is 11.3 Å². The third kappa shape index (κ3) is 4.22. The molecule has 1 heterocycles. The van der Waals surface area contributed by atoms with Gasteiger partial charge in [0.05, 0.1) is 6.21 Å². The van der Waals surface area contributed by atoms with Gasteiger partial charge in [0.1, 0.15) is 17.3 Å². The Labute approximate surface area is 130 Å². The van der Waals surface area contributed by atoms with Crippen LogP contribution >= 0.6 is 0 Å².